The summed E-state index contributed by atoms with van der Waals surface area (Å²) in [5, 5.41) is 0.384. The van der Waals surface area contributed by atoms with Crippen LogP contribution in [0.2, 0.25) is 0 Å². The topological polar surface area (TPSA) is 98.9 Å². The van der Waals surface area contributed by atoms with E-state index in [-0.39, 0.29) is 17.9 Å². The first-order valence-electron chi connectivity index (χ1n) is 7.71. The standard InChI is InChI=1S/C17H13F3N4O3/c1-24(8-13-21-11-5-3-2-4-9(11)14(25)23-13)16(27)10-6-7-12(17(18,19)20)22-15(10)26/h2-7H,8H2,1H3,(H,22,26)(H,21,23,25). The second-order valence-electron chi connectivity index (χ2n) is 5.80. The van der Waals surface area contributed by atoms with Crippen LogP contribution in [0.4, 0.5) is 13.2 Å². The number of halogens is 3. The van der Waals surface area contributed by atoms with E-state index in [1.165, 1.54) is 7.05 Å². The number of alkyl halides is 3. The van der Waals surface area contributed by atoms with Gasteiger partial charge in [-0.1, -0.05) is 12.1 Å². The number of rotatable bonds is 3. The van der Waals surface area contributed by atoms with E-state index in [1.54, 1.807) is 29.2 Å². The number of H-pyrrole nitrogens is 2. The van der Waals surface area contributed by atoms with Crippen molar-refractivity contribution in [2.75, 3.05) is 7.05 Å². The molecule has 0 saturated carbocycles. The molecular formula is C17H13F3N4O3. The Kier molecular flexibility index (Phi) is 4.56. The molecule has 10 heteroatoms. The van der Waals surface area contributed by atoms with Crippen molar-refractivity contribution in [1.29, 1.82) is 0 Å². The number of amides is 1. The van der Waals surface area contributed by atoms with E-state index in [0.29, 0.717) is 17.0 Å². The largest absolute Gasteiger partial charge is 0.431 e. The van der Waals surface area contributed by atoms with E-state index < -0.39 is 28.9 Å². The van der Waals surface area contributed by atoms with Crippen molar-refractivity contribution >= 4 is 16.8 Å². The number of pyridine rings is 1. The smallest absolute Gasteiger partial charge is 0.334 e. The summed E-state index contributed by atoms with van der Waals surface area (Å²) >= 11 is 0. The van der Waals surface area contributed by atoms with E-state index in [2.05, 4.69) is 9.97 Å². The lowest BCUT2D eigenvalue weighted by Gasteiger charge is -2.16. The molecule has 0 radical (unpaired) electrons. The van der Waals surface area contributed by atoms with E-state index in [4.69, 9.17) is 0 Å². The van der Waals surface area contributed by atoms with Gasteiger partial charge in [0.25, 0.3) is 17.0 Å². The Balaban J connectivity index is 1.86. The zero-order chi connectivity index (χ0) is 19.8. The SMILES string of the molecule is CN(Cc1nc2ccccc2c(=O)[nH]1)C(=O)c1ccc(C(F)(F)F)[nH]c1=O. The van der Waals surface area contributed by atoms with Gasteiger partial charge in [-0.2, -0.15) is 13.2 Å². The van der Waals surface area contributed by atoms with Crippen molar-refractivity contribution in [3.63, 3.8) is 0 Å². The van der Waals surface area contributed by atoms with E-state index in [9.17, 15) is 27.6 Å². The molecule has 3 aromatic rings. The first-order valence-corrected chi connectivity index (χ1v) is 7.71. The summed E-state index contributed by atoms with van der Waals surface area (Å²) in [6.45, 7) is -0.140. The van der Waals surface area contributed by atoms with Crippen molar-refractivity contribution in [3.8, 4) is 0 Å². The summed E-state index contributed by atoms with van der Waals surface area (Å²) in [5.74, 6) is -0.626. The van der Waals surface area contributed by atoms with Crippen LogP contribution in [0.15, 0.2) is 46.0 Å². The lowest BCUT2D eigenvalue weighted by atomic mass is 10.2. The highest BCUT2D eigenvalue weighted by atomic mass is 19.4. The van der Waals surface area contributed by atoms with Crippen molar-refractivity contribution in [2.24, 2.45) is 0 Å². The Hall–Kier alpha value is -3.43. The molecule has 0 atom stereocenters. The maximum absolute atomic E-state index is 12.6. The molecule has 2 heterocycles. The molecule has 1 aromatic carbocycles. The van der Waals surface area contributed by atoms with Gasteiger partial charge in [-0.05, 0) is 24.3 Å². The molecule has 140 valence electrons. The fourth-order valence-electron chi connectivity index (χ4n) is 2.52. The monoisotopic (exact) mass is 378 g/mol. The number of nitrogens with zero attached hydrogens (tertiary/aromatic N) is 2. The molecule has 0 fully saturated rings. The zero-order valence-corrected chi connectivity index (χ0v) is 13.9. The Morgan fingerprint density at radius 1 is 1.07 bits per heavy atom. The van der Waals surface area contributed by atoms with Crippen LogP contribution in [-0.2, 0) is 12.7 Å². The second kappa shape index (κ2) is 6.71. The predicted molar refractivity (Wildman–Crippen MR) is 90.2 cm³/mol. The van der Waals surface area contributed by atoms with Crippen LogP contribution in [0.3, 0.4) is 0 Å². The van der Waals surface area contributed by atoms with Crippen molar-refractivity contribution in [3.05, 3.63) is 74.2 Å². The summed E-state index contributed by atoms with van der Waals surface area (Å²) in [6.07, 6.45) is -4.72. The Morgan fingerprint density at radius 3 is 2.44 bits per heavy atom. The fraction of sp³-hybridized carbons (Fsp3) is 0.176. The normalized spacial score (nSPS) is 11.6. The lowest BCUT2D eigenvalue weighted by Crippen LogP contribution is -2.33. The van der Waals surface area contributed by atoms with Gasteiger partial charge < -0.3 is 14.9 Å². The molecule has 0 spiro atoms. The molecule has 2 aromatic heterocycles. The maximum atomic E-state index is 12.6. The molecule has 0 bridgehead atoms. The van der Waals surface area contributed by atoms with Gasteiger partial charge in [-0.3, -0.25) is 14.4 Å². The summed E-state index contributed by atoms with van der Waals surface area (Å²) in [7, 11) is 1.34. The first kappa shape index (κ1) is 18.4. The van der Waals surface area contributed by atoms with Gasteiger partial charge in [0.1, 0.15) is 17.1 Å². The molecule has 2 N–H and O–H groups in total. The number of para-hydroxylation sites is 1. The van der Waals surface area contributed by atoms with E-state index in [0.717, 1.165) is 11.0 Å². The molecule has 0 saturated heterocycles. The molecule has 0 aliphatic rings. The van der Waals surface area contributed by atoms with Crippen LogP contribution in [0.25, 0.3) is 10.9 Å². The van der Waals surface area contributed by atoms with Gasteiger partial charge in [0, 0.05) is 7.05 Å². The number of aromatic amines is 2. The molecule has 1 amide bonds. The molecule has 0 aliphatic heterocycles. The lowest BCUT2D eigenvalue weighted by molar-refractivity contribution is -0.141. The van der Waals surface area contributed by atoms with Crippen LogP contribution >= 0.6 is 0 Å². The Labute approximate surface area is 149 Å². The van der Waals surface area contributed by atoms with Crippen molar-refractivity contribution in [1.82, 2.24) is 19.9 Å². The van der Waals surface area contributed by atoms with Crippen LogP contribution in [0.1, 0.15) is 21.9 Å². The number of carbonyl (C=O) groups excluding carboxylic acids is 1. The average Bonchev–Trinajstić information content (AvgIpc) is 2.60. The van der Waals surface area contributed by atoms with Crippen LogP contribution in [-0.4, -0.2) is 32.8 Å². The third-order valence-electron chi connectivity index (χ3n) is 3.84. The molecule has 0 aliphatic carbocycles. The number of benzene rings is 1. The highest BCUT2D eigenvalue weighted by Crippen LogP contribution is 2.26. The molecular weight excluding hydrogens is 365 g/mol. The molecule has 0 unspecified atom stereocenters. The van der Waals surface area contributed by atoms with E-state index >= 15 is 0 Å². The second-order valence-corrected chi connectivity index (χ2v) is 5.80. The number of nitrogens with one attached hydrogen (secondary N) is 2. The molecule has 27 heavy (non-hydrogen) atoms. The number of aromatic nitrogens is 3. The summed E-state index contributed by atoms with van der Waals surface area (Å²) in [4.78, 5) is 45.8. The van der Waals surface area contributed by atoms with Gasteiger partial charge in [0.2, 0.25) is 0 Å². The molecule has 7 nitrogen and oxygen atoms in total. The fourth-order valence-corrected chi connectivity index (χ4v) is 2.52. The quantitative estimate of drug-likeness (QED) is 0.727. The minimum absolute atomic E-state index is 0.140. The highest BCUT2D eigenvalue weighted by Gasteiger charge is 2.32. The van der Waals surface area contributed by atoms with Crippen LogP contribution in [0, 0.1) is 0 Å². The van der Waals surface area contributed by atoms with Crippen LogP contribution in [0.5, 0.6) is 0 Å². The first-order chi connectivity index (χ1) is 12.7. The summed E-state index contributed by atoms with van der Waals surface area (Å²) in [5.41, 5.74) is -2.80. The Bertz CT molecular complexity index is 1130. The Morgan fingerprint density at radius 2 is 1.78 bits per heavy atom. The summed E-state index contributed by atoms with van der Waals surface area (Å²) in [6, 6.07) is 8.06. The third kappa shape index (κ3) is 3.73. The zero-order valence-electron chi connectivity index (χ0n) is 13.9. The third-order valence-corrected chi connectivity index (χ3v) is 3.84. The average molecular weight is 378 g/mol. The van der Waals surface area contributed by atoms with Crippen LogP contribution < -0.4 is 11.1 Å². The maximum Gasteiger partial charge on any atom is 0.431 e. The van der Waals surface area contributed by atoms with Gasteiger partial charge >= 0.3 is 6.18 Å². The van der Waals surface area contributed by atoms with Gasteiger partial charge in [0.05, 0.1) is 17.4 Å². The minimum Gasteiger partial charge on any atom is -0.334 e. The number of hydrogen-bond donors (Lipinski definition) is 2. The number of hydrogen-bond acceptors (Lipinski definition) is 4. The van der Waals surface area contributed by atoms with Gasteiger partial charge in [-0.15, -0.1) is 0 Å². The van der Waals surface area contributed by atoms with Gasteiger partial charge in [0.15, 0.2) is 0 Å². The predicted octanol–water partition coefficient (Wildman–Crippen LogP) is 1.90. The highest BCUT2D eigenvalue weighted by molar-refractivity contribution is 5.93. The van der Waals surface area contributed by atoms with Crippen molar-refractivity contribution in [2.45, 2.75) is 12.7 Å². The van der Waals surface area contributed by atoms with Crippen molar-refractivity contribution < 1.29 is 18.0 Å². The van der Waals surface area contributed by atoms with E-state index in [1.807, 2.05) is 0 Å². The minimum atomic E-state index is -4.72. The van der Waals surface area contributed by atoms with Gasteiger partial charge in [-0.25, -0.2) is 4.98 Å². The number of fused-ring (bicyclic) bond motifs is 1. The number of carbonyl (C=O) groups is 1. The molecule has 3 rings (SSSR count). The summed E-state index contributed by atoms with van der Waals surface area (Å²) < 4.78 is 37.8.